The fourth-order valence-corrected chi connectivity index (χ4v) is 1.60. The second-order valence-electron chi connectivity index (χ2n) is 5.73. The number of amides is 1. The summed E-state index contributed by atoms with van der Waals surface area (Å²) in [5.74, 6) is -1.19. The van der Waals surface area contributed by atoms with Crippen molar-refractivity contribution in [2.75, 3.05) is 0 Å². The number of alkyl carbamates (subject to hydrolysis) is 1. The van der Waals surface area contributed by atoms with E-state index in [2.05, 4.69) is 5.32 Å². The number of carboxylic acid groups (broad SMARTS) is 1. The molecule has 116 valence electrons. The highest BCUT2D eigenvalue weighted by Gasteiger charge is 2.24. The van der Waals surface area contributed by atoms with E-state index in [0.29, 0.717) is 5.56 Å². The summed E-state index contributed by atoms with van der Waals surface area (Å²) < 4.78 is 6.40. The summed E-state index contributed by atoms with van der Waals surface area (Å²) in [6, 6.07) is 1.81. The van der Waals surface area contributed by atoms with E-state index in [0.717, 1.165) is 0 Å². The molecular formula is C14H20N2O5. The van der Waals surface area contributed by atoms with Crippen LogP contribution in [0.3, 0.4) is 0 Å². The predicted octanol–water partition coefficient (Wildman–Crippen LogP) is 0.906. The van der Waals surface area contributed by atoms with E-state index < -0.39 is 23.7 Å². The first-order valence-corrected chi connectivity index (χ1v) is 6.46. The minimum atomic E-state index is -1.19. The van der Waals surface area contributed by atoms with Crippen molar-refractivity contribution in [2.24, 2.45) is 7.05 Å². The molecule has 2 N–H and O–H groups in total. The Labute approximate surface area is 122 Å². The molecule has 0 fully saturated rings. The number of aliphatic carboxylic acids is 1. The van der Waals surface area contributed by atoms with Gasteiger partial charge in [0.2, 0.25) is 0 Å². The largest absolute Gasteiger partial charge is 0.480 e. The number of ether oxygens (including phenoxy) is 1. The fraction of sp³-hybridized carbons (Fsp3) is 0.500. The van der Waals surface area contributed by atoms with Gasteiger partial charge in [-0.25, -0.2) is 9.59 Å². The van der Waals surface area contributed by atoms with E-state index in [1.165, 1.54) is 10.6 Å². The molecule has 1 heterocycles. The Balaban J connectivity index is 2.78. The topological polar surface area (TPSA) is 97.6 Å². The molecule has 0 aromatic carbocycles. The number of aryl methyl sites for hydroxylation is 1. The molecule has 7 heteroatoms. The molecule has 0 saturated heterocycles. The first kappa shape index (κ1) is 16.7. The third kappa shape index (κ3) is 5.68. The zero-order chi connectivity index (χ0) is 16.2. The summed E-state index contributed by atoms with van der Waals surface area (Å²) in [4.78, 5) is 34.3. The van der Waals surface area contributed by atoms with Crippen LogP contribution in [0, 0.1) is 0 Å². The normalized spacial score (nSPS) is 12.6. The number of carbonyl (C=O) groups excluding carboxylic acids is 1. The molecule has 0 unspecified atom stereocenters. The zero-order valence-corrected chi connectivity index (χ0v) is 12.5. The molecule has 0 spiro atoms. The maximum Gasteiger partial charge on any atom is 0.408 e. The molecule has 0 aliphatic heterocycles. The number of hydrogen-bond donors (Lipinski definition) is 2. The van der Waals surface area contributed by atoms with Crippen LogP contribution in [0.15, 0.2) is 23.1 Å². The smallest absolute Gasteiger partial charge is 0.408 e. The molecule has 0 radical (unpaired) electrons. The van der Waals surface area contributed by atoms with Crippen molar-refractivity contribution in [3.8, 4) is 0 Å². The van der Waals surface area contributed by atoms with Crippen LogP contribution in [0.4, 0.5) is 4.79 Å². The predicted molar refractivity (Wildman–Crippen MR) is 76.2 cm³/mol. The van der Waals surface area contributed by atoms with E-state index >= 15 is 0 Å². The number of carbonyl (C=O) groups is 2. The van der Waals surface area contributed by atoms with Crippen LogP contribution in [0.25, 0.3) is 0 Å². The van der Waals surface area contributed by atoms with Crippen LogP contribution >= 0.6 is 0 Å². The van der Waals surface area contributed by atoms with Gasteiger partial charge in [-0.2, -0.15) is 0 Å². The lowest BCUT2D eigenvalue weighted by Gasteiger charge is -2.22. The van der Waals surface area contributed by atoms with Gasteiger partial charge >= 0.3 is 12.1 Å². The van der Waals surface area contributed by atoms with Crippen LogP contribution in [-0.2, 0) is 23.0 Å². The Morgan fingerprint density at radius 2 is 2.05 bits per heavy atom. The standard InChI is InChI=1S/C14H20N2O5/c1-14(2,3)21-13(20)15-10(12(18)19)7-9-5-6-16(4)11(17)8-9/h5-6,8,10H,7H2,1-4H3,(H,15,20)(H,18,19)/t10-/m0/s1. The van der Waals surface area contributed by atoms with Gasteiger partial charge in [0.15, 0.2) is 0 Å². The average Bonchev–Trinajstić information content (AvgIpc) is 2.30. The van der Waals surface area contributed by atoms with Gasteiger partial charge in [0, 0.05) is 25.7 Å². The lowest BCUT2D eigenvalue weighted by molar-refractivity contribution is -0.139. The number of aromatic nitrogens is 1. The Morgan fingerprint density at radius 3 is 2.52 bits per heavy atom. The lowest BCUT2D eigenvalue weighted by Crippen LogP contribution is -2.44. The van der Waals surface area contributed by atoms with Gasteiger partial charge in [-0.1, -0.05) is 0 Å². The molecule has 21 heavy (non-hydrogen) atoms. The van der Waals surface area contributed by atoms with Crippen molar-refractivity contribution >= 4 is 12.1 Å². The minimum absolute atomic E-state index is 0.00462. The Kier molecular flexibility index (Phi) is 5.12. The molecule has 0 aliphatic rings. The Morgan fingerprint density at radius 1 is 1.43 bits per heavy atom. The molecule has 1 amide bonds. The third-order valence-electron chi connectivity index (χ3n) is 2.60. The van der Waals surface area contributed by atoms with Crippen molar-refractivity contribution < 1.29 is 19.4 Å². The number of hydrogen-bond acceptors (Lipinski definition) is 4. The van der Waals surface area contributed by atoms with Crippen LogP contribution in [0.2, 0.25) is 0 Å². The number of carboxylic acids is 1. The highest BCUT2D eigenvalue weighted by molar-refractivity contribution is 5.80. The summed E-state index contributed by atoms with van der Waals surface area (Å²) in [6.07, 6.45) is 0.744. The summed E-state index contributed by atoms with van der Waals surface area (Å²) in [6.45, 7) is 5.05. The van der Waals surface area contributed by atoms with Gasteiger partial charge in [-0.15, -0.1) is 0 Å². The second kappa shape index (κ2) is 6.43. The van der Waals surface area contributed by atoms with Crippen molar-refractivity contribution in [3.05, 3.63) is 34.2 Å². The van der Waals surface area contributed by atoms with Gasteiger partial charge in [0.05, 0.1) is 0 Å². The molecule has 1 aromatic heterocycles. The minimum Gasteiger partial charge on any atom is -0.480 e. The third-order valence-corrected chi connectivity index (χ3v) is 2.60. The number of rotatable bonds is 4. The van der Waals surface area contributed by atoms with Gasteiger partial charge in [0.25, 0.3) is 5.56 Å². The van der Waals surface area contributed by atoms with Gasteiger partial charge in [-0.05, 0) is 32.4 Å². The highest BCUT2D eigenvalue weighted by atomic mass is 16.6. The lowest BCUT2D eigenvalue weighted by atomic mass is 10.1. The van der Waals surface area contributed by atoms with Crippen LogP contribution in [0.5, 0.6) is 0 Å². The monoisotopic (exact) mass is 296 g/mol. The van der Waals surface area contributed by atoms with E-state index in [9.17, 15) is 14.4 Å². The quantitative estimate of drug-likeness (QED) is 0.860. The fourth-order valence-electron chi connectivity index (χ4n) is 1.60. The zero-order valence-electron chi connectivity index (χ0n) is 12.5. The molecule has 1 aromatic rings. The molecule has 7 nitrogen and oxygen atoms in total. The van der Waals surface area contributed by atoms with Crippen molar-refractivity contribution in [1.29, 1.82) is 0 Å². The molecule has 0 saturated carbocycles. The highest BCUT2D eigenvalue weighted by Crippen LogP contribution is 2.08. The maximum atomic E-state index is 11.6. The maximum absolute atomic E-state index is 11.6. The van der Waals surface area contributed by atoms with E-state index in [1.54, 1.807) is 40.1 Å². The summed E-state index contributed by atoms with van der Waals surface area (Å²) in [5, 5.41) is 11.4. The summed E-state index contributed by atoms with van der Waals surface area (Å²) in [5.41, 5.74) is -0.425. The summed E-state index contributed by atoms with van der Waals surface area (Å²) >= 11 is 0. The van der Waals surface area contributed by atoms with Crippen molar-refractivity contribution in [3.63, 3.8) is 0 Å². The first-order valence-electron chi connectivity index (χ1n) is 6.46. The molecule has 1 atom stereocenters. The van der Waals surface area contributed by atoms with Crippen molar-refractivity contribution in [1.82, 2.24) is 9.88 Å². The summed E-state index contributed by atoms with van der Waals surface area (Å²) in [7, 11) is 1.60. The number of pyridine rings is 1. The molecule has 0 bridgehead atoms. The van der Waals surface area contributed by atoms with Crippen LogP contribution in [0.1, 0.15) is 26.3 Å². The Bertz CT molecular complexity index is 586. The molecule has 0 aliphatic carbocycles. The van der Waals surface area contributed by atoms with Gasteiger partial charge in [0.1, 0.15) is 11.6 Å². The van der Waals surface area contributed by atoms with Crippen LogP contribution in [-0.4, -0.2) is 33.4 Å². The van der Waals surface area contributed by atoms with E-state index in [-0.39, 0.29) is 12.0 Å². The SMILES string of the molecule is Cn1ccc(C[C@H](NC(=O)OC(C)(C)C)C(=O)O)cc1=O. The van der Waals surface area contributed by atoms with Crippen molar-refractivity contribution in [2.45, 2.75) is 38.8 Å². The second-order valence-corrected chi connectivity index (χ2v) is 5.73. The Hall–Kier alpha value is -2.31. The first-order chi connectivity index (χ1) is 9.58. The molecule has 1 rings (SSSR count). The number of nitrogens with zero attached hydrogens (tertiary/aromatic N) is 1. The van der Waals surface area contributed by atoms with Crippen LogP contribution < -0.4 is 10.9 Å². The number of nitrogens with one attached hydrogen (secondary N) is 1. The van der Waals surface area contributed by atoms with E-state index in [4.69, 9.17) is 9.84 Å². The van der Waals surface area contributed by atoms with E-state index in [1.807, 2.05) is 0 Å². The van der Waals surface area contributed by atoms with Gasteiger partial charge < -0.3 is 19.7 Å². The average molecular weight is 296 g/mol. The molecular weight excluding hydrogens is 276 g/mol. The van der Waals surface area contributed by atoms with Gasteiger partial charge in [-0.3, -0.25) is 4.79 Å².